The van der Waals surface area contributed by atoms with E-state index in [-0.39, 0.29) is 32.6 Å². The lowest BCUT2D eigenvalue weighted by atomic mass is 10.1. The van der Waals surface area contributed by atoms with E-state index in [2.05, 4.69) is 4.72 Å². The quantitative estimate of drug-likeness (QED) is 0.677. The summed E-state index contributed by atoms with van der Waals surface area (Å²) < 4.78 is 28.6. The molecule has 0 spiro atoms. The third-order valence-corrected chi connectivity index (χ3v) is 6.37. The lowest BCUT2D eigenvalue weighted by Crippen LogP contribution is -2.56. The average molecular weight is 369 g/mol. The number of carboxylic acids is 1. The van der Waals surface area contributed by atoms with Gasteiger partial charge in [-0.15, -0.1) is 0 Å². The summed E-state index contributed by atoms with van der Waals surface area (Å²) in [5.41, 5.74) is -0.785. The van der Waals surface area contributed by atoms with Gasteiger partial charge in [-0.05, 0) is 12.0 Å². The van der Waals surface area contributed by atoms with Crippen molar-refractivity contribution in [3.63, 3.8) is 0 Å². The van der Waals surface area contributed by atoms with Crippen LogP contribution in [-0.2, 0) is 15.0 Å². The zero-order valence-electron chi connectivity index (χ0n) is 13.3. The Labute approximate surface area is 145 Å². The third-order valence-electron chi connectivity index (χ3n) is 4.70. The van der Waals surface area contributed by atoms with E-state index in [4.69, 9.17) is 5.11 Å². The fourth-order valence-electron chi connectivity index (χ4n) is 3.16. The van der Waals surface area contributed by atoms with Crippen LogP contribution in [-0.4, -0.2) is 71.6 Å². The molecule has 9 nitrogen and oxygen atoms in total. The standard InChI is InChI=1S/C15H19N3O6S/c19-13(20)15(10-12(15)11-4-2-1-3-5-11)16-25(23,24)18-8-6-17(7-9-18)14(21)22/h1-5,12,16H,6-10H2,(H,19,20)(H,21,22). The summed E-state index contributed by atoms with van der Waals surface area (Å²) in [5.74, 6) is -1.64. The Morgan fingerprint density at radius 3 is 2.20 bits per heavy atom. The Hall–Kier alpha value is -2.17. The van der Waals surface area contributed by atoms with Crippen molar-refractivity contribution in [2.75, 3.05) is 26.2 Å². The van der Waals surface area contributed by atoms with Gasteiger partial charge in [0.2, 0.25) is 0 Å². The van der Waals surface area contributed by atoms with Crippen LogP contribution in [0.2, 0.25) is 0 Å². The topological polar surface area (TPSA) is 127 Å². The summed E-state index contributed by atoms with van der Waals surface area (Å²) in [5, 5.41) is 18.5. The highest BCUT2D eigenvalue weighted by molar-refractivity contribution is 7.87. The van der Waals surface area contributed by atoms with Gasteiger partial charge in [0.15, 0.2) is 0 Å². The molecule has 0 aromatic heterocycles. The number of nitrogens with one attached hydrogen (secondary N) is 1. The number of carboxylic acid groups (broad SMARTS) is 2. The summed E-state index contributed by atoms with van der Waals surface area (Å²) in [6.07, 6.45) is -0.918. The summed E-state index contributed by atoms with van der Waals surface area (Å²) in [4.78, 5) is 23.8. The van der Waals surface area contributed by atoms with E-state index in [1.165, 1.54) is 0 Å². The van der Waals surface area contributed by atoms with Crippen molar-refractivity contribution >= 4 is 22.3 Å². The lowest BCUT2D eigenvalue weighted by Gasteiger charge is -2.33. The molecule has 1 aliphatic heterocycles. The van der Waals surface area contributed by atoms with Crippen LogP contribution in [0.3, 0.4) is 0 Å². The molecule has 1 aromatic carbocycles. The molecule has 0 radical (unpaired) electrons. The number of carbonyl (C=O) groups is 2. The number of nitrogens with zero attached hydrogens (tertiary/aromatic N) is 2. The van der Waals surface area contributed by atoms with Crippen LogP contribution in [0.25, 0.3) is 0 Å². The van der Waals surface area contributed by atoms with E-state index in [1.54, 1.807) is 30.3 Å². The Balaban J connectivity index is 1.73. The first-order valence-corrected chi connectivity index (χ1v) is 9.25. The molecular weight excluding hydrogens is 350 g/mol. The first-order valence-electron chi connectivity index (χ1n) is 7.81. The molecule has 1 heterocycles. The molecular formula is C15H19N3O6S. The molecule has 2 aliphatic rings. The fourth-order valence-corrected chi connectivity index (χ4v) is 4.70. The third kappa shape index (κ3) is 3.32. The highest BCUT2D eigenvalue weighted by Crippen LogP contribution is 2.52. The van der Waals surface area contributed by atoms with Crippen molar-refractivity contribution in [1.29, 1.82) is 0 Å². The van der Waals surface area contributed by atoms with Crippen LogP contribution >= 0.6 is 0 Å². The van der Waals surface area contributed by atoms with Gasteiger partial charge in [0.1, 0.15) is 5.54 Å². The average Bonchev–Trinajstić information content (AvgIpc) is 3.30. The second-order valence-corrected chi connectivity index (χ2v) is 7.89. The van der Waals surface area contributed by atoms with Crippen molar-refractivity contribution in [1.82, 2.24) is 13.9 Å². The molecule has 2 unspecified atom stereocenters. The van der Waals surface area contributed by atoms with Crippen LogP contribution in [0.4, 0.5) is 4.79 Å². The maximum absolute atomic E-state index is 12.6. The van der Waals surface area contributed by atoms with Crippen molar-refractivity contribution in [3.05, 3.63) is 35.9 Å². The zero-order valence-corrected chi connectivity index (χ0v) is 14.1. The summed E-state index contributed by atoms with van der Waals surface area (Å²) in [6, 6.07) is 8.91. The monoisotopic (exact) mass is 369 g/mol. The number of piperazine rings is 1. The van der Waals surface area contributed by atoms with Crippen molar-refractivity contribution in [2.45, 2.75) is 17.9 Å². The van der Waals surface area contributed by atoms with Crippen molar-refractivity contribution < 1.29 is 28.2 Å². The first kappa shape index (κ1) is 17.6. The summed E-state index contributed by atoms with van der Waals surface area (Å²) in [6.45, 7) is 0.0948. The second kappa shape index (κ2) is 6.28. The minimum atomic E-state index is -4.03. The molecule has 136 valence electrons. The van der Waals surface area contributed by atoms with Crippen molar-refractivity contribution in [2.24, 2.45) is 0 Å². The number of benzene rings is 1. The normalized spacial score (nSPS) is 27.0. The summed E-state index contributed by atoms with van der Waals surface area (Å²) >= 11 is 0. The molecule has 1 aromatic rings. The number of hydrogen-bond donors (Lipinski definition) is 3. The molecule has 25 heavy (non-hydrogen) atoms. The molecule has 3 N–H and O–H groups in total. The van der Waals surface area contributed by atoms with Gasteiger partial charge < -0.3 is 15.1 Å². The van der Waals surface area contributed by atoms with Crippen LogP contribution in [0, 0.1) is 0 Å². The highest BCUT2D eigenvalue weighted by Gasteiger charge is 2.63. The molecule has 1 aliphatic carbocycles. The molecule has 10 heteroatoms. The van der Waals surface area contributed by atoms with Gasteiger partial charge >= 0.3 is 12.1 Å². The molecule has 3 rings (SSSR count). The molecule has 1 saturated heterocycles. The molecule has 2 atom stereocenters. The maximum Gasteiger partial charge on any atom is 0.407 e. The molecule has 2 fully saturated rings. The Kier molecular flexibility index (Phi) is 4.43. The van der Waals surface area contributed by atoms with E-state index in [1.807, 2.05) is 0 Å². The molecule has 0 bridgehead atoms. The molecule has 1 amide bonds. The van der Waals surface area contributed by atoms with E-state index < -0.39 is 33.7 Å². The Morgan fingerprint density at radius 2 is 1.68 bits per heavy atom. The van der Waals surface area contributed by atoms with E-state index in [0.717, 1.165) is 14.8 Å². The van der Waals surface area contributed by atoms with Crippen LogP contribution in [0.1, 0.15) is 17.9 Å². The zero-order chi connectivity index (χ0) is 18.2. The Morgan fingerprint density at radius 1 is 1.08 bits per heavy atom. The number of rotatable bonds is 5. The van der Waals surface area contributed by atoms with Crippen LogP contribution in [0.15, 0.2) is 30.3 Å². The van der Waals surface area contributed by atoms with Gasteiger partial charge in [0.25, 0.3) is 10.2 Å². The number of aliphatic carboxylic acids is 1. The molecule has 1 saturated carbocycles. The maximum atomic E-state index is 12.6. The minimum Gasteiger partial charge on any atom is -0.480 e. The number of amides is 1. The van der Waals surface area contributed by atoms with Gasteiger partial charge in [-0.25, -0.2) is 4.79 Å². The smallest absolute Gasteiger partial charge is 0.407 e. The van der Waals surface area contributed by atoms with Gasteiger partial charge in [-0.1, -0.05) is 30.3 Å². The van der Waals surface area contributed by atoms with Gasteiger partial charge in [0, 0.05) is 32.1 Å². The van der Waals surface area contributed by atoms with Crippen molar-refractivity contribution in [3.8, 4) is 0 Å². The van der Waals surface area contributed by atoms with Gasteiger partial charge in [0.05, 0.1) is 0 Å². The Bertz CT molecular complexity index is 776. The van der Waals surface area contributed by atoms with E-state index in [0.29, 0.717) is 0 Å². The predicted molar refractivity (Wildman–Crippen MR) is 87.4 cm³/mol. The number of hydrogen-bond acceptors (Lipinski definition) is 4. The van der Waals surface area contributed by atoms with Crippen LogP contribution < -0.4 is 4.72 Å². The van der Waals surface area contributed by atoms with Crippen LogP contribution in [0.5, 0.6) is 0 Å². The first-order chi connectivity index (χ1) is 11.8. The minimum absolute atomic E-state index is 0.00661. The highest BCUT2D eigenvalue weighted by atomic mass is 32.2. The van der Waals surface area contributed by atoms with E-state index in [9.17, 15) is 23.1 Å². The van der Waals surface area contributed by atoms with E-state index >= 15 is 0 Å². The second-order valence-electron chi connectivity index (χ2n) is 6.22. The van der Waals surface area contributed by atoms with Gasteiger partial charge in [-0.2, -0.15) is 17.4 Å². The largest absolute Gasteiger partial charge is 0.480 e. The predicted octanol–water partition coefficient (Wildman–Crippen LogP) is 0.127. The van der Waals surface area contributed by atoms with Gasteiger partial charge in [-0.3, -0.25) is 4.79 Å². The fraction of sp³-hybridized carbons (Fsp3) is 0.467. The SMILES string of the molecule is O=C(O)N1CCN(S(=O)(=O)NC2(C(=O)O)CC2c2ccccc2)CC1. The summed E-state index contributed by atoms with van der Waals surface area (Å²) in [7, 11) is -4.03. The lowest BCUT2D eigenvalue weighted by molar-refractivity contribution is -0.140.